The molecule has 0 aliphatic heterocycles. The van der Waals surface area contributed by atoms with E-state index < -0.39 is 0 Å². The number of hydrogen-bond donors (Lipinski definition) is 1. The van der Waals surface area contributed by atoms with E-state index in [9.17, 15) is 0 Å². The van der Waals surface area contributed by atoms with Crippen LogP contribution in [-0.2, 0) is 0 Å². The van der Waals surface area contributed by atoms with E-state index in [2.05, 4.69) is 24.0 Å². The Kier molecular flexibility index (Phi) is 4.88. The summed E-state index contributed by atoms with van der Waals surface area (Å²) in [7, 11) is 0. The normalized spacial score (nSPS) is 7.89. The van der Waals surface area contributed by atoms with Crippen LogP contribution in [0.5, 0.6) is 0 Å². The van der Waals surface area contributed by atoms with Crippen LogP contribution in [0.25, 0.3) is 0 Å². The van der Waals surface area contributed by atoms with Crippen molar-refractivity contribution in [3.63, 3.8) is 0 Å². The summed E-state index contributed by atoms with van der Waals surface area (Å²) < 4.78 is 0. The predicted molar refractivity (Wildman–Crippen MR) is 39.3 cm³/mol. The average Bonchev–Trinajstić information content (AvgIpc) is 2.20. The van der Waals surface area contributed by atoms with Gasteiger partial charge in [0.1, 0.15) is 0 Å². The Morgan fingerprint density at radius 2 is 2.11 bits per heavy atom. The smallest absolute Gasteiger partial charge is 0.0489 e. The number of aromatic amines is 1. The Labute approximate surface area is 56.3 Å². The maximum Gasteiger partial charge on any atom is 0.0489 e. The molecule has 0 atom stereocenters. The number of aromatic nitrogens is 2. The molecule has 0 bridgehead atoms. The molecule has 1 rings (SSSR count). The van der Waals surface area contributed by atoms with Gasteiger partial charge in [0, 0.05) is 11.9 Å². The summed E-state index contributed by atoms with van der Waals surface area (Å²) in [5.41, 5.74) is 1.11. The monoisotopic (exact) mass is 126 g/mol. The molecule has 2 heteroatoms. The molecule has 0 saturated carbocycles. The molecule has 0 fully saturated rings. The molecule has 0 aliphatic carbocycles. The van der Waals surface area contributed by atoms with Gasteiger partial charge in [0.05, 0.1) is 0 Å². The van der Waals surface area contributed by atoms with Crippen LogP contribution in [0.15, 0.2) is 12.3 Å². The van der Waals surface area contributed by atoms with E-state index in [1.54, 1.807) is 6.20 Å². The fourth-order valence-electron chi connectivity index (χ4n) is 0.325. The Balaban J connectivity index is 0.000000187. The second kappa shape index (κ2) is 5.35. The first-order valence-corrected chi connectivity index (χ1v) is 3.27. The minimum absolute atomic E-state index is 1.11. The fourth-order valence-corrected chi connectivity index (χ4v) is 0.325. The van der Waals surface area contributed by atoms with E-state index in [0.29, 0.717) is 0 Å². The van der Waals surface area contributed by atoms with E-state index in [0.717, 1.165) is 5.69 Å². The van der Waals surface area contributed by atoms with Crippen molar-refractivity contribution in [2.24, 2.45) is 0 Å². The first-order chi connectivity index (χ1) is 4.31. The highest BCUT2D eigenvalue weighted by Gasteiger charge is 1.73. The van der Waals surface area contributed by atoms with Crippen molar-refractivity contribution in [3.8, 4) is 0 Å². The highest BCUT2D eigenvalue weighted by atomic mass is 15.1. The first-order valence-electron chi connectivity index (χ1n) is 3.27. The fraction of sp³-hybridized carbons (Fsp3) is 0.571. The summed E-state index contributed by atoms with van der Waals surface area (Å²) in [6.07, 6.45) is 2.98. The van der Waals surface area contributed by atoms with Crippen LogP contribution in [0.3, 0.4) is 0 Å². The SMILES string of the molecule is CCC.Cc1ccn[nH]1. The Morgan fingerprint density at radius 1 is 1.56 bits per heavy atom. The highest BCUT2D eigenvalue weighted by molar-refractivity contribution is 4.91. The van der Waals surface area contributed by atoms with Crippen molar-refractivity contribution in [1.82, 2.24) is 10.2 Å². The van der Waals surface area contributed by atoms with Gasteiger partial charge in [-0.1, -0.05) is 20.3 Å². The molecule has 52 valence electrons. The van der Waals surface area contributed by atoms with Gasteiger partial charge >= 0.3 is 0 Å². The Morgan fingerprint density at radius 3 is 2.22 bits per heavy atom. The Bertz CT molecular complexity index is 121. The standard InChI is InChI=1S/C4H6N2.C3H8/c1-4-2-3-5-6-4;1-3-2/h2-3H,1H3,(H,5,6);3H2,1-2H3. The number of H-pyrrole nitrogens is 1. The maximum absolute atomic E-state index is 3.70. The van der Waals surface area contributed by atoms with E-state index in [1.165, 1.54) is 6.42 Å². The molecule has 9 heavy (non-hydrogen) atoms. The number of rotatable bonds is 0. The summed E-state index contributed by atoms with van der Waals surface area (Å²) in [6.45, 7) is 6.22. The summed E-state index contributed by atoms with van der Waals surface area (Å²) in [6, 6.07) is 1.92. The number of hydrogen-bond acceptors (Lipinski definition) is 1. The average molecular weight is 126 g/mol. The van der Waals surface area contributed by atoms with E-state index >= 15 is 0 Å². The minimum atomic E-state index is 1.11. The zero-order valence-electron chi connectivity index (χ0n) is 6.31. The van der Waals surface area contributed by atoms with Gasteiger partial charge in [-0.3, -0.25) is 5.10 Å². The molecule has 1 aromatic rings. The van der Waals surface area contributed by atoms with Gasteiger partial charge < -0.3 is 0 Å². The van der Waals surface area contributed by atoms with E-state index in [4.69, 9.17) is 0 Å². The van der Waals surface area contributed by atoms with Gasteiger partial charge in [-0.05, 0) is 13.0 Å². The molecule has 1 N–H and O–H groups in total. The lowest BCUT2D eigenvalue weighted by Gasteiger charge is -1.68. The van der Waals surface area contributed by atoms with Crippen LogP contribution >= 0.6 is 0 Å². The van der Waals surface area contributed by atoms with Crippen LogP contribution < -0.4 is 0 Å². The molecule has 0 unspecified atom stereocenters. The van der Waals surface area contributed by atoms with Gasteiger partial charge in [-0.25, -0.2) is 0 Å². The second-order valence-corrected chi connectivity index (χ2v) is 1.95. The maximum atomic E-state index is 3.70. The lowest BCUT2D eigenvalue weighted by molar-refractivity contribution is 1.05. The minimum Gasteiger partial charge on any atom is -0.283 e. The third kappa shape index (κ3) is 5.07. The topological polar surface area (TPSA) is 28.7 Å². The molecule has 0 aliphatic rings. The van der Waals surface area contributed by atoms with Crippen LogP contribution in [0.1, 0.15) is 26.0 Å². The largest absolute Gasteiger partial charge is 0.283 e. The third-order valence-corrected chi connectivity index (χ3v) is 0.640. The molecular weight excluding hydrogens is 112 g/mol. The van der Waals surface area contributed by atoms with Crippen LogP contribution in [0, 0.1) is 6.92 Å². The van der Waals surface area contributed by atoms with Gasteiger partial charge in [0.2, 0.25) is 0 Å². The molecule has 0 amide bonds. The third-order valence-electron chi connectivity index (χ3n) is 0.640. The summed E-state index contributed by atoms with van der Waals surface area (Å²) >= 11 is 0. The lowest BCUT2D eigenvalue weighted by Crippen LogP contribution is -1.65. The van der Waals surface area contributed by atoms with Gasteiger partial charge in [-0.2, -0.15) is 5.10 Å². The van der Waals surface area contributed by atoms with Crippen molar-refractivity contribution < 1.29 is 0 Å². The van der Waals surface area contributed by atoms with Crippen LogP contribution in [-0.4, -0.2) is 10.2 Å². The predicted octanol–water partition coefficient (Wildman–Crippen LogP) is 2.13. The van der Waals surface area contributed by atoms with Crippen molar-refractivity contribution in [2.45, 2.75) is 27.2 Å². The van der Waals surface area contributed by atoms with E-state index in [-0.39, 0.29) is 0 Å². The van der Waals surface area contributed by atoms with E-state index in [1.807, 2.05) is 13.0 Å². The lowest BCUT2D eigenvalue weighted by atomic mass is 10.5. The summed E-state index contributed by atoms with van der Waals surface area (Å²) in [4.78, 5) is 0. The van der Waals surface area contributed by atoms with Crippen molar-refractivity contribution in [1.29, 1.82) is 0 Å². The van der Waals surface area contributed by atoms with Gasteiger partial charge in [-0.15, -0.1) is 0 Å². The highest BCUT2D eigenvalue weighted by Crippen LogP contribution is 1.82. The molecule has 0 aromatic carbocycles. The molecular formula is C7H14N2. The number of aryl methyl sites for hydroxylation is 1. The van der Waals surface area contributed by atoms with Crippen LogP contribution in [0.2, 0.25) is 0 Å². The zero-order valence-corrected chi connectivity index (χ0v) is 6.31. The molecule has 2 nitrogen and oxygen atoms in total. The molecule has 0 saturated heterocycles. The van der Waals surface area contributed by atoms with Crippen molar-refractivity contribution in [2.75, 3.05) is 0 Å². The van der Waals surface area contributed by atoms with Gasteiger partial charge in [0.15, 0.2) is 0 Å². The molecule has 1 aromatic heterocycles. The van der Waals surface area contributed by atoms with Crippen molar-refractivity contribution >= 4 is 0 Å². The van der Waals surface area contributed by atoms with Crippen molar-refractivity contribution in [3.05, 3.63) is 18.0 Å². The molecule has 1 heterocycles. The Hall–Kier alpha value is -0.790. The quantitative estimate of drug-likeness (QED) is 0.566. The number of nitrogens with one attached hydrogen (secondary N) is 1. The molecule has 0 spiro atoms. The summed E-state index contributed by atoms with van der Waals surface area (Å²) in [5, 5.41) is 6.45. The first kappa shape index (κ1) is 8.21. The van der Waals surface area contributed by atoms with Gasteiger partial charge in [0.25, 0.3) is 0 Å². The molecule has 0 radical (unpaired) electrons. The van der Waals surface area contributed by atoms with Crippen LogP contribution in [0.4, 0.5) is 0 Å². The zero-order chi connectivity index (χ0) is 7.11. The summed E-state index contributed by atoms with van der Waals surface area (Å²) in [5.74, 6) is 0. The number of nitrogens with zero attached hydrogens (tertiary/aromatic N) is 1. The second-order valence-electron chi connectivity index (χ2n) is 1.95.